The van der Waals surface area contributed by atoms with Crippen molar-refractivity contribution in [3.05, 3.63) is 94.9 Å². The Balaban J connectivity index is 1.33. The third-order valence-electron chi connectivity index (χ3n) is 8.20. The van der Waals surface area contributed by atoms with Gasteiger partial charge < -0.3 is 14.6 Å². The third kappa shape index (κ3) is 5.24. The third-order valence-corrected chi connectivity index (χ3v) is 8.20. The van der Waals surface area contributed by atoms with Gasteiger partial charge in [-0.05, 0) is 105 Å². The fourth-order valence-corrected chi connectivity index (χ4v) is 6.06. The molecule has 5 atom stereocenters. The normalized spacial score (nSPS) is 24.8. The van der Waals surface area contributed by atoms with E-state index in [1.807, 2.05) is 49.2 Å². The summed E-state index contributed by atoms with van der Waals surface area (Å²) in [6, 6.07) is 17.3. The molecule has 0 radical (unpaired) electrons. The molecule has 2 aromatic carbocycles. The molecular formula is C30H34F2N2O2. The predicted octanol–water partition coefficient (Wildman–Crippen LogP) is 6.81. The SMILES string of the molecule is CNC(C)c1ccc(C(=O)N2C[C@@H](c3ccc(F)cc3)C[C@H]2CC2CCC(c3ccc(F)cc3)C2)o1. The Morgan fingerprint density at radius 3 is 2.22 bits per heavy atom. The highest BCUT2D eigenvalue weighted by atomic mass is 19.1. The van der Waals surface area contributed by atoms with Gasteiger partial charge in [-0.2, -0.15) is 0 Å². The van der Waals surface area contributed by atoms with Crippen LogP contribution in [0.15, 0.2) is 65.1 Å². The number of amides is 1. The molecule has 1 aromatic heterocycles. The van der Waals surface area contributed by atoms with Crippen LogP contribution in [0.5, 0.6) is 0 Å². The smallest absolute Gasteiger partial charge is 0.289 e. The van der Waals surface area contributed by atoms with Gasteiger partial charge in [-0.25, -0.2) is 8.78 Å². The average molecular weight is 493 g/mol. The second kappa shape index (κ2) is 10.6. The van der Waals surface area contributed by atoms with Crippen LogP contribution in [0, 0.1) is 17.6 Å². The lowest BCUT2D eigenvalue weighted by molar-refractivity contribution is 0.0682. The molecule has 1 N–H and O–H groups in total. The van der Waals surface area contributed by atoms with Crippen LogP contribution in [0.2, 0.25) is 0 Å². The van der Waals surface area contributed by atoms with E-state index in [1.54, 1.807) is 18.2 Å². The first-order chi connectivity index (χ1) is 17.4. The number of hydrogen-bond donors (Lipinski definition) is 1. The number of furan rings is 1. The summed E-state index contributed by atoms with van der Waals surface area (Å²) in [5, 5.41) is 3.14. The lowest BCUT2D eigenvalue weighted by atomic mass is 9.90. The molecule has 36 heavy (non-hydrogen) atoms. The molecule has 2 aliphatic rings. The molecule has 5 rings (SSSR count). The Labute approximate surface area is 211 Å². The average Bonchev–Trinajstić information content (AvgIpc) is 3.65. The second-order valence-electron chi connectivity index (χ2n) is 10.5. The highest BCUT2D eigenvalue weighted by Gasteiger charge is 2.40. The van der Waals surface area contributed by atoms with Gasteiger partial charge in [0.05, 0.1) is 6.04 Å². The molecule has 1 saturated carbocycles. The lowest BCUT2D eigenvalue weighted by Gasteiger charge is -2.26. The molecule has 190 valence electrons. The van der Waals surface area contributed by atoms with E-state index in [1.165, 1.54) is 17.7 Å². The van der Waals surface area contributed by atoms with Crippen LogP contribution in [-0.2, 0) is 0 Å². The lowest BCUT2D eigenvalue weighted by Crippen LogP contribution is -2.36. The Kier molecular flexibility index (Phi) is 7.24. The summed E-state index contributed by atoms with van der Waals surface area (Å²) in [6.45, 7) is 2.59. The number of nitrogens with one attached hydrogen (secondary N) is 1. The van der Waals surface area contributed by atoms with Gasteiger partial charge in [-0.1, -0.05) is 24.3 Å². The van der Waals surface area contributed by atoms with Crippen LogP contribution in [-0.4, -0.2) is 30.4 Å². The van der Waals surface area contributed by atoms with Crippen molar-refractivity contribution in [2.45, 2.75) is 62.9 Å². The van der Waals surface area contributed by atoms with Gasteiger partial charge in [0.2, 0.25) is 0 Å². The molecule has 1 saturated heterocycles. The molecule has 2 heterocycles. The minimum atomic E-state index is -0.249. The summed E-state index contributed by atoms with van der Waals surface area (Å²) < 4.78 is 32.9. The maximum atomic E-state index is 13.6. The van der Waals surface area contributed by atoms with Gasteiger partial charge >= 0.3 is 0 Å². The molecular weight excluding hydrogens is 458 g/mol. The number of rotatable bonds is 7. The molecule has 1 aliphatic carbocycles. The van der Waals surface area contributed by atoms with E-state index in [2.05, 4.69) is 5.32 Å². The van der Waals surface area contributed by atoms with Crippen molar-refractivity contribution >= 4 is 5.91 Å². The maximum absolute atomic E-state index is 13.6. The predicted molar refractivity (Wildman–Crippen MR) is 136 cm³/mol. The summed E-state index contributed by atoms with van der Waals surface area (Å²) in [6.07, 6.45) is 5.03. The van der Waals surface area contributed by atoms with Gasteiger partial charge in [-0.15, -0.1) is 0 Å². The van der Waals surface area contributed by atoms with Crippen molar-refractivity contribution in [1.29, 1.82) is 0 Å². The first kappa shape index (κ1) is 24.7. The zero-order valence-corrected chi connectivity index (χ0v) is 20.9. The van der Waals surface area contributed by atoms with Gasteiger partial charge in [-0.3, -0.25) is 4.79 Å². The quantitative estimate of drug-likeness (QED) is 0.394. The molecule has 2 fully saturated rings. The van der Waals surface area contributed by atoms with Crippen molar-refractivity contribution in [3.8, 4) is 0 Å². The number of carbonyl (C=O) groups excluding carboxylic acids is 1. The zero-order chi connectivity index (χ0) is 25.2. The fraction of sp³-hybridized carbons (Fsp3) is 0.433. The van der Waals surface area contributed by atoms with Crippen LogP contribution < -0.4 is 5.32 Å². The van der Waals surface area contributed by atoms with Crippen LogP contribution >= 0.6 is 0 Å². The van der Waals surface area contributed by atoms with E-state index >= 15 is 0 Å². The number of carbonyl (C=O) groups is 1. The first-order valence-corrected chi connectivity index (χ1v) is 13.0. The van der Waals surface area contributed by atoms with E-state index in [4.69, 9.17) is 4.42 Å². The highest BCUT2D eigenvalue weighted by Crippen LogP contribution is 2.44. The number of benzene rings is 2. The molecule has 1 amide bonds. The summed E-state index contributed by atoms with van der Waals surface area (Å²) in [5.74, 6) is 1.68. The van der Waals surface area contributed by atoms with E-state index in [-0.39, 0.29) is 35.5 Å². The fourth-order valence-electron chi connectivity index (χ4n) is 6.06. The topological polar surface area (TPSA) is 45.5 Å². The van der Waals surface area contributed by atoms with Crippen molar-refractivity contribution in [1.82, 2.24) is 10.2 Å². The first-order valence-electron chi connectivity index (χ1n) is 13.0. The zero-order valence-electron chi connectivity index (χ0n) is 20.9. The monoisotopic (exact) mass is 492 g/mol. The van der Waals surface area contributed by atoms with E-state index in [0.717, 1.165) is 43.4 Å². The summed E-state index contributed by atoms with van der Waals surface area (Å²) in [7, 11) is 1.86. The van der Waals surface area contributed by atoms with Gasteiger partial charge in [0, 0.05) is 18.5 Å². The minimum Gasteiger partial charge on any atom is -0.454 e. The largest absolute Gasteiger partial charge is 0.454 e. The van der Waals surface area contributed by atoms with Gasteiger partial charge in [0.1, 0.15) is 17.4 Å². The Hall–Kier alpha value is -2.99. The molecule has 3 aromatic rings. The van der Waals surface area contributed by atoms with Crippen LogP contribution in [0.3, 0.4) is 0 Å². The van der Waals surface area contributed by atoms with E-state index in [0.29, 0.717) is 24.1 Å². The Morgan fingerprint density at radius 1 is 0.944 bits per heavy atom. The van der Waals surface area contributed by atoms with Crippen molar-refractivity contribution in [3.63, 3.8) is 0 Å². The van der Waals surface area contributed by atoms with E-state index in [9.17, 15) is 13.6 Å². The van der Waals surface area contributed by atoms with E-state index < -0.39 is 0 Å². The molecule has 4 nitrogen and oxygen atoms in total. The van der Waals surface area contributed by atoms with Crippen LogP contribution in [0.25, 0.3) is 0 Å². The van der Waals surface area contributed by atoms with Gasteiger partial charge in [0.15, 0.2) is 5.76 Å². The maximum Gasteiger partial charge on any atom is 0.289 e. The Bertz CT molecular complexity index is 1170. The number of likely N-dealkylation sites (tertiary alicyclic amines) is 1. The molecule has 6 heteroatoms. The summed E-state index contributed by atoms with van der Waals surface area (Å²) >= 11 is 0. The standard InChI is InChI=1S/C30H34F2N2O2/c1-19(33-2)28-13-14-29(36-28)30(35)34-18-24(22-7-11-26(32)12-8-22)17-27(34)16-20-3-4-23(15-20)21-5-9-25(31)10-6-21/h5-14,19-20,23-24,27,33H,3-4,15-18H2,1-2H3/t19?,20?,23?,24-,27+/m0/s1. The molecule has 1 aliphatic heterocycles. The molecule has 0 spiro atoms. The van der Waals surface area contributed by atoms with Crippen LogP contribution in [0.1, 0.15) is 84.3 Å². The summed E-state index contributed by atoms with van der Waals surface area (Å²) in [5.41, 5.74) is 2.26. The molecule has 0 bridgehead atoms. The Morgan fingerprint density at radius 2 is 1.58 bits per heavy atom. The van der Waals surface area contributed by atoms with Crippen LogP contribution in [0.4, 0.5) is 8.78 Å². The van der Waals surface area contributed by atoms with Crippen molar-refractivity contribution in [2.24, 2.45) is 5.92 Å². The number of halogens is 2. The van der Waals surface area contributed by atoms with Crippen molar-refractivity contribution < 1.29 is 18.0 Å². The number of nitrogens with zero attached hydrogens (tertiary/aromatic N) is 1. The highest BCUT2D eigenvalue weighted by molar-refractivity contribution is 5.92. The van der Waals surface area contributed by atoms with Gasteiger partial charge in [0.25, 0.3) is 5.91 Å². The molecule has 3 unspecified atom stereocenters. The summed E-state index contributed by atoms with van der Waals surface area (Å²) in [4.78, 5) is 15.6. The number of hydrogen-bond acceptors (Lipinski definition) is 3. The van der Waals surface area contributed by atoms with Crippen molar-refractivity contribution in [2.75, 3.05) is 13.6 Å². The second-order valence-corrected chi connectivity index (χ2v) is 10.5. The minimum absolute atomic E-state index is 0.0229.